The zero-order chi connectivity index (χ0) is 25.3. The Morgan fingerprint density at radius 1 is 1.14 bits per heavy atom. The van der Waals surface area contributed by atoms with E-state index >= 15 is 0 Å². The van der Waals surface area contributed by atoms with Gasteiger partial charge < -0.3 is 30.7 Å². The van der Waals surface area contributed by atoms with Gasteiger partial charge in [0.2, 0.25) is 0 Å². The molecule has 0 spiro atoms. The number of aromatic nitrogens is 2. The van der Waals surface area contributed by atoms with E-state index in [0.29, 0.717) is 36.3 Å². The highest BCUT2D eigenvalue weighted by Crippen LogP contribution is 2.30. The zero-order valence-electron chi connectivity index (χ0n) is 20.9. The van der Waals surface area contributed by atoms with Crippen molar-refractivity contribution in [2.24, 2.45) is 5.73 Å². The molecule has 3 aromatic rings. The zero-order valence-corrected chi connectivity index (χ0v) is 20.9. The van der Waals surface area contributed by atoms with Crippen LogP contribution in [0, 0.1) is 5.41 Å². The van der Waals surface area contributed by atoms with Crippen LogP contribution in [-0.4, -0.2) is 67.1 Å². The highest BCUT2D eigenvalue weighted by molar-refractivity contribution is 5.94. The van der Waals surface area contributed by atoms with Crippen molar-refractivity contribution in [3.63, 3.8) is 0 Å². The van der Waals surface area contributed by atoms with Crippen LogP contribution >= 0.6 is 0 Å². The monoisotopic (exact) mass is 490 g/mol. The van der Waals surface area contributed by atoms with Gasteiger partial charge in [-0.1, -0.05) is 12.1 Å². The number of morpholine rings is 1. The fourth-order valence-corrected chi connectivity index (χ4v) is 3.99. The number of nitrogens with two attached hydrogens (primary N) is 1. The molecular weight excluding hydrogens is 456 g/mol. The first-order chi connectivity index (χ1) is 17.6. The molecule has 0 unspecified atom stereocenters. The first kappa shape index (κ1) is 25.4. The van der Waals surface area contributed by atoms with Crippen molar-refractivity contribution < 1.29 is 14.2 Å². The molecule has 1 aliphatic rings. The van der Waals surface area contributed by atoms with Crippen LogP contribution in [-0.2, 0) is 4.74 Å². The normalized spacial score (nSPS) is 14.8. The Morgan fingerprint density at radius 3 is 2.69 bits per heavy atom. The van der Waals surface area contributed by atoms with E-state index in [4.69, 9.17) is 35.3 Å². The van der Waals surface area contributed by atoms with Gasteiger partial charge in [0.05, 0.1) is 37.6 Å². The molecule has 9 heteroatoms. The minimum Gasteiger partial charge on any atom is -0.494 e. The highest BCUT2D eigenvalue weighted by Gasteiger charge is 2.13. The molecule has 190 valence electrons. The molecule has 36 heavy (non-hydrogen) atoms. The molecule has 2 aromatic carbocycles. The van der Waals surface area contributed by atoms with Crippen LogP contribution in [0.2, 0.25) is 0 Å². The molecule has 0 amide bonds. The third-order valence-electron chi connectivity index (χ3n) is 5.88. The number of rotatable bonds is 11. The first-order valence-corrected chi connectivity index (χ1v) is 12.3. The minimum absolute atomic E-state index is 0.472. The van der Waals surface area contributed by atoms with Crippen LogP contribution in [0.4, 0.5) is 5.82 Å². The summed E-state index contributed by atoms with van der Waals surface area (Å²) in [7, 11) is 0. The van der Waals surface area contributed by atoms with Gasteiger partial charge in [-0.3, -0.25) is 4.90 Å². The molecule has 0 aliphatic carbocycles. The predicted molar refractivity (Wildman–Crippen MR) is 143 cm³/mol. The summed E-state index contributed by atoms with van der Waals surface area (Å²) >= 11 is 0. The smallest absolute Gasteiger partial charge is 0.162 e. The Kier molecular flexibility index (Phi) is 8.70. The quantitative estimate of drug-likeness (QED) is 0.272. The van der Waals surface area contributed by atoms with E-state index in [-0.39, 0.29) is 0 Å². The molecule has 0 saturated carbocycles. The van der Waals surface area contributed by atoms with Crippen molar-refractivity contribution >= 4 is 22.9 Å². The van der Waals surface area contributed by atoms with Crippen LogP contribution < -0.4 is 20.5 Å². The Balaban J connectivity index is 1.57. The van der Waals surface area contributed by atoms with E-state index in [1.165, 1.54) is 6.21 Å². The van der Waals surface area contributed by atoms with E-state index in [1.807, 2.05) is 49.4 Å². The van der Waals surface area contributed by atoms with Crippen LogP contribution in [0.5, 0.6) is 11.5 Å². The fourth-order valence-electron chi connectivity index (χ4n) is 3.99. The average Bonchev–Trinajstić information content (AvgIpc) is 2.90. The lowest BCUT2D eigenvalue weighted by Gasteiger charge is -2.26. The summed E-state index contributed by atoms with van der Waals surface area (Å²) in [5.74, 6) is 2.60. The number of hydrogen-bond donors (Lipinski definition) is 3. The lowest BCUT2D eigenvalue weighted by Crippen LogP contribution is -2.37. The summed E-state index contributed by atoms with van der Waals surface area (Å²) in [6.45, 7) is 9.44. The van der Waals surface area contributed by atoms with Crippen molar-refractivity contribution in [1.29, 1.82) is 5.41 Å². The Labute approximate surface area is 211 Å². The predicted octanol–water partition coefficient (Wildman–Crippen LogP) is 4.05. The van der Waals surface area contributed by atoms with Gasteiger partial charge in [0.15, 0.2) is 5.82 Å². The summed E-state index contributed by atoms with van der Waals surface area (Å²) in [6, 6.07) is 13.5. The average molecular weight is 491 g/mol. The molecule has 0 bridgehead atoms. The van der Waals surface area contributed by atoms with Crippen LogP contribution in [0.25, 0.3) is 22.3 Å². The van der Waals surface area contributed by atoms with E-state index in [1.54, 1.807) is 6.92 Å². The van der Waals surface area contributed by atoms with Gasteiger partial charge in [0, 0.05) is 42.5 Å². The topological polar surface area (TPSA) is 119 Å². The van der Waals surface area contributed by atoms with Gasteiger partial charge in [-0.2, -0.15) is 0 Å². The maximum atomic E-state index is 7.73. The standard InChI is InChI=1S/C27H34N6O3/c1-3-35-22-8-9-24-23(17-22)27(31-25(18-28)19(2)29)32-26(30-24)20-6-4-7-21(16-20)36-13-5-10-33-11-14-34-15-12-33/h4,6-9,16-18,28H,3,5,10-15,29H2,1-2H3,(H,30,31,32)/b25-19+,28-18?. The minimum atomic E-state index is 0.472. The van der Waals surface area contributed by atoms with Crippen LogP contribution in [0.3, 0.4) is 0 Å². The highest BCUT2D eigenvalue weighted by atomic mass is 16.5. The number of anilines is 1. The summed E-state index contributed by atoms with van der Waals surface area (Å²) in [6.07, 6.45) is 2.13. The van der Waals surface area contributed by atoms with Gasteiger partial charge in [0.1, 0.15) is 17.3 Å². The van der Waals surface area contributed by atoms with E-state index in [9.17, 15) is 0 Å². The van der Waals surface area contributed by atoms with Crippen LogP contribution in [0.15, 0.2) is 53.9 Å². The molecule has 2 heterocycles. The molecular formula is C27H34N6O3. The van der Waals surface area contributed by atoms with Gasteiger partial charge in [0.25, 0.3) is 0 Å². The molecule has 9 nitrogen and oxygen atoms in total. The number of ether oxygens (including phenoxy) is 3. The second kappa shape index (κ2) is 12.3. The summed E-state index contributed by atoms with van der Waals surface area (Å²) in [5.41, 5.74) is 8.52. The molecule has 1 saturated heterocycles. The molecule has 1 fully saturated rings. The van der Waals surface area contributed by atoms with Crippen molar-refractivity contribution in [2.45, 2.75) is 20.3 Å². The van der Waals surface area contributed by atoms with E-state index < -0.39 is 0 Å². The van der Waals surface area contributed by atoms with Gasteiger partial charge in [-0.05, 0) is 50.6 Å². The number of hydrogen-bond acceptors (Lipinski definition) is 9. The third kappa shape index (κ3) is 6.50. The van der Waals surface area contributed by atoms with Gasteiger partial charge in [-0.15, -0.1) is 0 Å². The maximum absolute atomic E-state index is 7.73. The van der Waals surface area contributed by atoms with Crippen molar-refractivity contribution in [3.05, 3.63) is 53.9 Å². The van der Waals surface area contributed by atoms with Crippen molar-refractivity contribution in [2.75, 3.05) is 51.4 Å². The van der Waals surface area contributed by atoms with Gasteiger partial charge >= 0.3 is 0 Å². The SMILES string of the molecule is CCOc1ccc2nc(-c3cccc(OCCCN4CCOCC4)c3)nc(N/C(C=N)=C(\C)N)c2c1. The molecule has 4 rings (SSSR count). The number of benzene rings is 2. The Bertz CT molecular complexity index is 1220. The lowest BCUT2D eigenvalue weighted by molar-refractivity contribution is 0.0358. The van der Waals surface area contributed by atoms with Gasteiger partial charge in [-0.25, -0.2) is 9.97 Å². The van der Waals surface area contributed by atoms with Crippen LogP contribution in [0.1, 0.15) is 20.3 Å². The molecule has 0 radical (unpaired) electrons. The Hall–Kier alpha value is -3.69. The fraction of sp³-hybridized carbons (Fsp3) is 0.370. The second-order valence-corrected chi connectivity index (χ2v) is 8.56. The molecule has 0 atom stereocenters. The van der Waals surface area contributed by atoms with E-state index in [0.717, 1.165) is 67.2 Å². The van der Waals surface area contributed by atoms with Crippen molar-refractivity contribution in [3.8, 4) is 22.9 Å². The first-order valence-electron chi connectivity index (χ1n) is 12.3. The summed E-state index contributed by atoms with van der Waals surface area (Å²) < 4.78 is 17.1. The molecule has 1 aliphatic heterocycles. The van der Waals surface area contributed by atoms with Crippen molar-refractivity contribution in [1.82, 2.24) is 14.9 Å². The number of nitrogens with one attached hydrogen (secondary N) is 2. The third-order valence-corrected chi connectivity index (χ3v) is 5.88. The Morgan fingerprint density at radius 2 is 1.94 bits per heavy atom. The molecule has 4 N–H and O–H groups in total. The number of nitrogens with zero attached hydrogens (tertiary/aromatic N) is 3. The summed E-state index contributed by atoms with van der Waals surface area (Å²) in [4.78, 5) is 12.0. The summed E-state index contributed by atoms with van der Waals surface area (Å²) in [5, 5.41) is 11.7. The molecule has 1 aromatic heterocycles. The second-order valence-electron chi connectivity index (χ2n) is 8.56. The number of fused-ring (bicyclic) bond motifs is 1. The maximum Gasteiger partial charge on any atom is 0.162 e. The lowest BCUT2D eigenvalue weighted by atomic mass is 10.1. The number of allylic oxidation sites excluding steroid dienone is 2. The van der Waals surface area contributed by atoms with E-state index in [2.05, 4.69) is 10.2 Å². The largest absolute Gasteiger partial charge is 0.494 e.